The lowest BCUT2D eigenvalue weighted by atomic mass is 10.1. The molecule has 0 saturated heterocycles. The first-order valence-corrected chi connectivity index (χ1v) is 3.90. The van der Waals surface area contributed by atoms with E-state index in [0.717, 1.165) is 11.1 Å². The molecular formula is C10H13NO. The molecule has 0 heterocycles. The van der Waals surface area contributed by atoms with E-state index >= 15 is 0 Å². The highest BCUT2D eigenvalue weighted by Crippen LogP contribution is 2.19. The second-order valence-electron chi connectivity index (χ2n) is 2.70. The maximum Gasteiger partial charge on any atom is 0.123 e. The van der Waals surface area contributed by atoms with Crippen molar-refractivity contribution in [2.75, 3.05) is 6.54 Å². The first-order valence-electron chi connectivity index (χ1n) is 3.90. The number of phenolic OH excluding ortho intramolecular Hbond substituents is 1. The molecule has 2 heteroatoms. The van der Waals surface area contributed by atoms with Crippen molar-refractivity contribution < 1.29 is 5.11 Å². The molecule has 12 heavy (non-hydrogen) atoms. The van der Waals surface area contributed by atoms with Gasteiger partial charge >= 0.3 is 0 Å². The molecule has 1 rings (SSSR count). The van der Waals surface area contributed by atoms with Crippen LogP contribution in [0, 0.1) is 6.92 Å². The van der Waals surface area contributed by atoms with Crippen LogP contribution in [0.3, 0.4) is 0 Å². The lowest BCUT2D eigenvalue weighted by Crippen LogP contribution is -1.91. The van der Waals surface area contributed by atoms with Crippen molar-refractivity contribution in [3.8, 4) is 5.75 Å². The van der Waals surface area contributed by atoms with E-state index < -0.39 is 0 Å². The fourth-order valence-electron chi connectivity index (χ4n) is 0.990. The fourth-order valence-corrected chi connectivity index (χ4v) is 0.990. The van der Waals surface area contributed by atoms with Crippen molar-refractivity contribution in [3.63, 3.8) is 0 Å². The van der Waals surface area contributed by atoms with E-state index in [1.807, 2.05) is 31.2 Å². The molecule has 0 radical (unpaired) electrons. The van der Waals surface area contributed by atoms with Gasteiger partial charge in [-0.2, -0.15) is 0 Å². The Kier molecular flexibility index (Phi) is 2.88. The Morgan fingerprint density at radius 3 is 2.83 bits per heavy atom. The van der Waals surface area contributed by atoms with E-state index in [4.69, 9.17) is 5.73 Å². The fraction of sp³-hybridized carbons (Fsp3) is 0.200. The molecule has 0 bridgehead atoms. The van der Waals surface area contributed by atoms with Gasteiger partial charge in [0.05, 0.1) is 0 Å². The van der Waals surface area contributed by atoms with Gasteiger partial charge in [-0.15, -0.1) is 0 Å². The zero-order valence-electron chi connectivity index (χ0n) is 7.12. The molecule has 1 aromatic carbocycles. The molecule has 0 spiro atoms. The van der Waals surface area contributed by atoms with E-state index in [0.29, 0.717) is 12.3 Å². The van der Waals surface area contributed by atoms with Crippen LogP contribution in [0.2, 0.25) is 0 Å². The van der Waals surface area contributed by atoms with Gasteiger partial charge in [0.15, 0.2) is 0 Å². The molecule has 64 valence electrons. The number of benzene rings is 1. The topological polar surface area (TPSA) is 46.2 Å². The molecule has 2 nitrogen and oxygen atoms in total. The number of rotatable bonds is 2. The quantitative estimate of drug-likeness (QED) is 0.696. The molecule has 0 atom stereocenters. The number of aromatic hydroxyl groups is 1. The van der Waals surface area contributed by atoms with Crippen LogP contribution in [-0.4, -0.2) is 11.7 Å². The van der Waals surface area contributed by atoms with Crippen LogP contribution in [0.15, 0.2) is 24.3 Å². The van der Waals surface area contributed by atoms with Crippen LogP contribution in [0.4, 0.5) is 0 Å². The minimum atomic E-state index is 0.305. The summed E-state index contributed by atoms with van der Waals surface area (Å²) in [6.45, 7) is 2.43. The maximum absolute atomic E-state index is 9.43. The molecule has 0 aliphatic heterocycles. The third kappa shape index (κ3) is 2.10. The van der Waals surface area contributed by atoms with Crippen molar-refractivity contribution >= 4 is 6.08 Å². The summed E-state index contributed by atoms with van der Waals surface area (Å²) in [5, 5.41) is 9.43. The van der Waals surface area contributed by atoms with Gasteiger partial charge in [-0.25, -0.2) is 0 Å². The number of phenols is 1. The molecule has 0 aliphatic rings. The Bertz CT molecular complexity index is 292. The lowest BCUT2D eigenvalue weighted by molar-refractivity contribution is 0.473. The van der Waals surface area contributed by atoms with E-state index in [1.165, 1.54) is 0 Å². The van der Waals surface area contributed by atoms with E-state index in [9.17, 15) is 5.11 Å². The van der Waals surface area contributed by atoms with Crippen LogP contribution in [0.1, 0.15) is 11.1 Å². The first kappa shape index (κ1) is 8.81. The van der Waals surface area contributed by atoms with Crippen molar-refractivity contribution in [2.45, 2.75) is 6.92 Å². The summed E-state index contributed by atoms with van der Waals surface area (Å²) in [6, 6.07) is 5.56. The Labute approximate surface area is 72.3 Å². The minimum Gasteiger partial charge on any atom is -0.507 e. The van der Waals surface area contributed by atoms with Gasteiger partial charge in [-0.1, -0.05) is 24.3 Å². The third-order valence-electron chi connectivity index (χ3n) is 1.62. The minimum absolute atomic E-state index is 0.305. The van der Waals surface area contributed by atoms with Crippen LogP contribution in [0.25, 0.3) is 6.08 Å². The summed E-state index contributed by atoms with van der Waals surface area (Å²) in [4.78, 5) is 0. The molecule has 0 unspecified atom stereocenters. The van der Waals surface area contributed by atoms with Gasteiger partial charge < -0.3 is 10.8 Å². The Morgan fingerprint density at radius 1 is 1.50 bits per heavy atom. The average Bonchev–Trinajstić information content (AvgIpc) is 2.03. The molecular weight excluding hydrogens is 150 g/mol. The summed E-state index contributed by atoms with van der Waals surface area (Å²) >= 11 is 0. The smallest absolute Gasteiger partial charge is 0.123 e. The number of hydrogen-bond donors (Lipinski definition) is 2. The van der Waals surface area contributed by atoms with E-state index in [1.54, 1.807) is 6.07 Å². The summed E-state index contributed by atoms with van der Waals surface area (Å²) in [5.74, 6) is 0.305. The van der Waals surface area contributed by atoms with Crippen LogP contribution >= 0.6 is 0 Å². The predicted molar refractivity (Wildman–Crippen MR) is 50.9 cm³/mol. The molecule has 0 fully saturated rings. The summed E-state index contributed by atoms with van der Waals surface area (Å²) < 4.78 is 0. The summed E-state index contributed by atoms with van der Waals surface area (Å²) in [5.41, 5.74) is 7.15. The number of hydrogen-bond acceptors (Lipinski definition) is 2. The molecule has 0 aliphatic carbocycles. The van der Waals surface area contributed by atoms with Gasteiger partial charge in [0.2, 0.25) is 0 Å². The maximum atomic E-state index is 9.43. The van der Waals surface area contributed by atoms with Gasteiger partial charge in [-0.3, -0.25) is 0 Å². The van der Waals surface area contributed by atoms with Crippen LogP contribution < -0.4 is 5.73 Å². The SMILES string of the molecule is Cc1ccc(C=CCN)c(O)c1. The lowest BCUT2D eigenvalue weighted by Gasteiger charge is -1.99. The van der Waals surface area contributed by atoms with E-state index in [2.05, 4.69) is 0 Å². The van der Waals surface area contributed by atoms with Crippen molar-refractivity contribution in [3.05, 3.63) is 35.4 Å². The van der Waals surface area contributed by atoms with E-state index in [-0.39, 0.29) is 0 Å². The first-order chi connectivity index (χ1) is 5.74. The van der Waals surface area contributed by atoms with Crippen molar-refractivity contribution in [1.82, 2.24) is 0 Å². The largest absolute Gasteiger partial charge is 0.507 e. The van der Waals surface area contributed by atoms with Crippen molar-refractivity contribution in [1.29, 1.82) is 0 Å². The molecule has 0 amide bonds. The Balaban J connectivity index is 2.94. The number of aryl methyl sites for hydroxylation is 1. The van der Waals surface area contributed by atoms with Gasteiger partial charge in [0, 0.05) is 12.1 Å². The van der Waals surface area contributed by atoms with Crippen LogP contribution in [0.5, 0.6) is 5.75 Å². The predicted octanol–water partition coefficient (Wildman–Crippen LogP) is 1.67. The standard InChI is InChI=1S/C10H13NO/c1-8-4-5-9(3-2-6-11)10(12)7-8/h2-5,7,12H,6,11H2,1H3. The second-order valence-corrected chi connectivity index (χ2v) is 2.70. The number of nitrogens with two attached hydrogens (primary N) is 1. The molecule has 0 aromatic heterocycles. The highest BCUT2D eigenvalue weighted by molar-refractivity contribution is 5.57. The zero-order chi connectivity index (χ0) is 8.97. The molecule has 1 aromatic rings. The van der Waals surface area contributed by atoms with Gasteiger partial charge in [0.1, 0.15) is 5.75 Å². The summed E-state index contributed by atoms with van der Waals surface area (Å²) in [7, 11) is 0. The highest BCUT2D eigenvalue weighted by atomic mass is 16.3. The Morgan fingerprint density at radius 2 is 2.25 bits per heavy atom. The zero-order valence-corrected chi connectivity index (χ0v) is 7.12. The van der Waals surface area contributed by atoms with Gasteiger partial charge in [-0.05, 0) is 18.6 Å². The van der Waals surface area contributed by atoms with Gasteiger partial charge in [0.25, 0.3) is 0 Å². The molecule has 3 N–H and O–H groups in total. The summed E-state index contributed by atoms with van der Waals surface area (Å²) in [6.07, 6.45) is 3.62. The van der Waals surface area contributed by atoms with Crippen LogP contribution in [-0.2, 0) is 0 Å². The molecule has 0 saturated carbocycles. The van der Waals surface area contributed by atoms with Crippen molar-refractivity contribution in [2.24, 2.45) is 5.73 Å². The monoisotopic (exact) mass is 163 g/mol. The second kappa shape index (κ2) is 3.93. The Hall–Kier alpha value is -1.28. The average molecular weight is 163 g/mol. The normalized spacial score (nSPS) is 10.8. The third-order valence-corrected chi connectivity index (χ3v) is 1.62. The highest BCUT2D eigenvalue weighted by Gasteiger charge is 1.95.